The highest BCUT2D eigenvalue weighted by atomic mass is 16.4. The summed E-state index contributed by atoms with van der Waals surface area (Å²) in [7, 11) is 0. The molecule has 20 heavy (non-hydrogen) atoms. The van der Waals surface area contributed by atoms with E-state index in [2.05, 4.69) is 26.1 Å². The van der Waals surface area contributed by atoms with Gasteiger partial charge in [0.25, 0.3) is 0 Å². The monoisotopic (exact) mass is 283 g/mol. The SMILES string of the molecule is CCNC(C)c1nnc(NCCC(=O)NC(C)(C)C)o1. The molecule has 1 heterocycles. The zero-order valence-electron chi connectivity index (χ0n) is 12.9. The van der Waals surface area contributed by atoms with Gasteiger partial charge in [0.1, 0.15) is 0 Å². The second kappa shape index (κ2) is 7.23. The van der Waals surface area contributed by atoms with Gasteiger partial charge in [0, 0.05) is 18.5 Å². The Kier molecular flexibility index (Phi) is 5.94. The highest BCUT2D eigenvalue weighted by molar-refractivity contribution is 5.77. The van der Waals surface area contributed by atoms with Gasteiger partial charge in [-0.05, 0) is 34.2 Å². The maximum atomic E-state index is 11.6. The normalized spacial score (nSPS) is 13.1. The summed E-state index contributed by atoms with van der Waals surface area (Å²) in [6.07, 6.45) is 0.359. The first-order valence-electron chi connectivity index (χ1n) is 6.93. The average molecular weight is 283 g/mol. The van der Waals surface area contributed by atoms with Crippen molar-refractivity contribution >= 4 is 11.9 Å². The Bertz CT molecular complexity index is 425. The van der Waals surface area contributed by atoms with Crippen LogP contribution in [0.15, 0.2) is 4.42 Å². The average Bonchev–Trinajstić information content (AvgIpc) is 2.75. The molecule has 7 nitrogen and oxygen atoms in total. The van der Waals surface area contributed by atoms with Gasteiger partial charge in [0.2, 0.25) is 11.8 Å². The van der Waals surface area contributed by atoms with Gasteiger partial charge >= 0.3 is 6.01 Å². The highest BCUT2D eigenvalue weighted by Crippen LogP contribution is 2.13. The molecule has 7 heteroatoms. The van der Waals surface area contributed by atoms with Crippen LogP contribution in [-0.2, 0) is 4.79 Å². The van der Waals surface area contributed by atoms with E-state index in [9.17, 15) is 4.79 Å². The van der Waals surface area contributed by atoms with Crippen molar-refractivity contribution in [3.63, 3.8) is 0 Å². The van der Waals surface area contributed by atoms with Gasteiger partial charge in [-0.25, -0.2) is 0 Å². The molecule has 0 aliphatic rings. The lowest BCUT2D eigenvalue weighted by Gasteiger charge is -2.20. The zero-order valence-corrected chi connectivity index (χ0v) is 12.9. The van der Waals surface area contributed by atoms with Gasteiger partial charge in [-0.15, -0.1) is 5.10 Å². The van der Waals surface area contributed by atoms with Crippen molar-refractivity contribution in [3.05, 3.63) is 5.89 Å². The summed E-state index contributed by atoms with van der Waals surface area (Å²) in [5.41, 5.74) is -0.212. The molecule has 1 unspecified atom stereocenters. The first-order chi connectivity index (χ1) is 9.31. The number of carbonyl (C=O) groups excluding carboxylic acids is 1. The number of carbonyl (C=O) groups is 1. The van der Waals surface area contributed by atoms with Crippen LogP contribution in [0.5, 0.6) is 0 Å². The number of nitrogens with one attached hydrogen (secondary N) is 3. The fraction of sp³-hybridized carbons (Fsp3) is 0.769. The predicted octanol–water partition coefficient (Wildman–Crippen LogP) is 1.46. The Balaban J connectivity index is 2.34. The zero-order chi connectivity index (χ0) is 15.2. The molecule has 3 N–H and O–H groups in total. The van der Waals surface area contributed by atoms with Crippen molar-refractivity contribution in [3.8, 4) is 0 Å². The molecule has 0 aliphatic heterocycles. The van der Waals surface area contributed by atoms with E-state index in [-0.39, 0.29) is 17.5 Å². The van der Waals surface area contributed by atoms with Crippen molar-refractivity contribution in [2.75, 3.05) is 18.4 Å². The predicted molar refractivity (Wildman–Crippen MR) is 77.4 cm³/mol. The van der Waals surface area contributed by atoms with E-state index in [1.807, 2.05) is 34.6 Å². The maximum absolute atomic E-state index is 11.6. The van der Waals surface area contributed by atoms with Gasteiger partial charge in [0.05, 0.1) is 6.04 Å². The second-order valence-corrected chi connectivity index (χ2v) is 5.70. The fourth-order valence-electron chi connectivity index (χ4n) is 1.64. The van der Waals surface area contributed by atoms with E-state index >= 15 is 0 Å². The number of hydrogen-bond donors (Lipinski definition) is 3. The van der Waals surface area contributed by atoms with Crippen molar-refractivity contribution < 1.29 is 9.21 Å². The Morgan fingerprint density at radius 2 is 2.05 bits per heavy atom. The highest BCUT2D eigenvalue weighted by Gasteiger charge is 2.14. The van der Waals surface area contributed by atoms with E-state index in [1.165, 1.54) is 0 Å². The molecular formula is C13H25N5O2. The van der Waals surface area contributed by atoms with Crippen LogP contribution in [0.2, 0.25) is 0 Å². The van der Waals surface area contributed by atoms with Gasteiger partial charge < -0.3 is 20.4 Å². The summed E-state index contributed by atoms with van der Waals surface area (Å²) in [5, 5.41) is 16.9. The maximum Gasteiger partial charge on any atom is 0.315 e. The molecule has 0 saturated carbocycles. The Labute approximate surface area is 119 Å². The van der Waals surface area contributed by atoms with Gasteiger partial charge in [-0.3, -0.25) is 4.79 Å². The van der Waals surface area contributed by atoms with Crippen LogP contribution in [0.4, 0.5) is 6.01 Å². The van der Waals surface area contributed by atoms with Gasteiger partial charge in [-0.2, -0.15) is 0 Å². The quantitative estimate of drug-likeness (QED) is 0.701. The summed E-state index contributed by atoms with van der Waals surface area (Å²) in [6.45, 7) is 11.1. The minimum Gasteiger partial charge on any atom is -0.406 e. The minimum atomic E-state index is -0.212. The lowest BCUT2D eigenvalue weighted by atomic mass is 10.1. The summed E-state index contributed by atoms with van der Waals surface area (Å²) < 4.78 is 5.45. The lowest BCUT2D eigenvalue weighted by Crippen LogP contribution is -2.41. The van der Waals surface area contributed by atoms with Crippen LogP contribution in [0.25, 0.3) is 0 Å². The molecular weight excluding hydrogens is 258 g/mol. The first-order valence-corrected chi connectivity index (χ1v) is 6.93. The third-order valence-electron chi connectivity index (χ3n) is 2.46. The van der Waals surface area contributed by atoms with Crippen molar-refractivity contribution in [1.29, 1.82) is 0 Å². The smallest absolute Gasteiger partial charge is 0.315 e. The number of rotatable bonds is 7. The first kappa shape index (κ1) is 16.4. The topological polar surface area (TPSA) is 92.1 Å². The summed E-state index contributed by atoms with van der Waals surface area (Å²) in [4.78, 5) is 11.6. The van der Waals surface area contributed by atoms with E-state index in [4.69, 9.17) is 4.42 Å². The summed E-state index contributed by atoms with van der Waals surface area (Å²) >= 11 is 0. The number of hydrogen-bond acceptors (Lipinski definition) is 6. The molecule has 0 fully saturated rings. The number of anilines is 1. The van der Waals surface area contributed by atoms with Gasteiger partial charge in [-0.1, -0.05) is 12.0 Å². The van der Waals surface area contributed by atoms with E-state index < -0.39 is 0 Å². The van der Waals surface area contributed by atoms with Crippen LogP contribution >= 0.6 is 0 Å². The standard InChI is InChI=1S/C13H25N5O2/c1-6-14-9(2)11-17-18-12(20-11)15-8-7-10(19)16-13(3,4)5/h9,14H,6-8H2,1-5H3,(H,15,18)(H,16,19). The molecule has 1 amide bonds. The molecule has 0 spiro atoms. The second-order valence-electron chi connectivity index (χ2n) is 5.70. The van der Waals surface area contributed by atoms with E-state index in [0.717, 1.165) is 6.54 Å². The molecule has 0 aromatic carbocycles. The number of aromatic nitrogens is 2. The number of nitrogens with zero attached hydrogens (tertiary/aromatic N) is 2. The third kappa shape index (κ3) is 6.01. The van der Waals surface area contributed by atoms with Crippen LogP contribution in [0.3, 0.4) is 0 Å². The molecule has 0 aliphatic carbocycles. The lowest BCUT2D eigenvalue weighted by molar-refractivity contribution is -0.122. The van der Waals surface area contributed by atoms with E-state index in [0.29, 0.717) is 24.9 Å². The van der Waals surface area contributed by atoms with Gasteiger partial charge in [0.15, 0.2) is 0 Å². The molecule has 1 rings (SSSR count). The Morgan fingerprint density at radius 1 is 1.35 bits per heavy atom. The van der Waals surface area contributed by atoms with Crippen molar-refractivity contribution in [2.45, 2.75) is 52.6 Å². The van der Waals surface area contributed by atoms with Crippen LogP contribution < -0.4 is 16.0 Å². The number of amides is 1. The van der Waals surface area contributed by atoms with Crippen LogP contribution in [-0.4, -0.2) is 34.7 Å². The summed E-state index contributed by atoms with van der Waals surface area (Å²) in [5.74, 6) is 0.527. The molecule has 0 radical (unpaired) electrons. The molecule has 1 aromatic rings. The van der Waals surface area contributed by atoms with Crippen LogP contribution in [0.1, 0.15) is 53.0 Å². The molecule has 114 valence electrons. The largest absolute Gasteiger partial charge is 0.406 e. The Morgan fingerprint density at radius 3 is 2.65 bits per heavy atom. The molecule has 1 atom stereocenters. The summed E-state index contributed by atoms with van der Waals surface area (Å²) in [6, 6.07) is 0.362. The Hall–Kier alpha value is -1.63. The third-order valence-corrected chi connectivity index (χ3v) is 2.46. The van der Waals surface area contributed by atoms with Crippen molar-refractivity contribution in [1.82, 2.24) is 20.8 Å². The van der Waals surface area contributed by atoms with Crippen molar-refractivity contribution in [2.24, 2.45) is 0 Å². The fourth-order valence-corrected chi connectivity index (χ4v) is 1.64. The van der Waals surface area contributed by atoms with E-state index in [1.54, 1.807) is 0 Å². The molecule has 0 saturated heterocycles. The molecule has 0 bridgehead atoms. The molecule has 1 aromatic heterocycles. The minimum absolute atomic E-state index is 0.00856. The van der Waals surface area contributed by atoms with Crippen LogP contribution in [0, 0.1) is 0 Å².